The minimum atomic E-state index is 0.130. The Morgan fingerprint density at radius 1 is 1.03 bits per heavy atom. The number of amidine groups is 1. The Bertz CT molecular complexity index is 1020. The van der Waals surface area contributed by atoms with Crippen molar-refractivity contribution in [3.63, 3.8) is 0 Å². The van der Waals surface area contributed by atoms with E-state index in [0.717, 1.165) is 85.9 Å². The van der Waals surface area contributed by atoms with Gasteiger partial charge in [0.1, 0.15) is 17.3 Å². The van der Waals surface area contributed by atoms with Gasteiger partial charge in [0, 0.05) is 30.7 Å². The summed E-state index contributed by atoms with van der Waals surface area (Å²) in [6, 6.07) is 14.4. The first kappa shape index (κ1) is 21.0. The number of amides is 1. The molecule has 1 aliphatic carbocycles. The van der Waals surface area contributed by atoms with Gasteiger partial charge in [-0.05, 0) is 70.1 Å². The molecular weight excluding hydrogens is 400 g/mol. The number of nitrogens with zero attached hydrogens (tertiary/aromatic N) is 3. The van der Waals surface area contributed by atoms with Crippen molar-refractivity contribution >= 4 is 23.1 Å². The zero-order chi connectivity index (χ0) is 22.1. The third kappa shape index (κ3) is 4.24. The number of fused-ring (bicyclic) bond motifs is 2. The van der Waals surface area contributed by atoms with E-state index in [4.69, 9.17) is 9.73 Å². The number of para-hydroxylation sites is 2. The highest BCUT2D eigenvalue weighted by Crippen LogP contribution is 2.39. The number of benzene rings is 2. The van der Waals surface area contributed by atoms with Crippen LogP contribution in [0, 0.1) is 5.92 Å². The van der Waals surface area contributed by atoms with Crippen LogP contribution in [0.1, 0.15) is 44.1 Å². The Kier molecular flexibility index (Phi) is 5.87. The van der Waals surface area contributed by atoms with Crippen molar-refractivity contribution in [2.75, 3.05) is 32.5 Å². The van der Waals surface area contributed by atoms with E-state index >= 15 is 0 Å². The van der Waals surface area contributed by atoms with Gasteiger partial charge in [0.05, 0.1) is 5.56 Å². The smallest absolute Gasteiger partial charge is 0.227 e. The van der Waals surface area contributed by atoms with Gasteiger partial charge in [-0.25, -0.2) is 4.99 Å². The molecule has 5 rings (SSSR count). The molecule has 3 aliphatic rings. The molecule has 2 aliphatic heterocycles. The van der Waals surface area contributed by atoms with Gasteiger partial charge in [0.2, 0.25) is 5.91 Å². The fourth-order valence-corrected chi connectivity index (χ4v) is 5.07. The van der Waals surface area contributed by atoms with E-state index < -0.39 is 0 Å². The van der Waals surface area contributed by atoms with E-state index in [1.54, 1.807) is 0 Å². The predicted molar refractivity (Wildman–Crippen MR) is 128 cm³/mol. The summed E-state index contributed by atoms with van der Waals surface area (Å²) in [4.78, 5) is 22.5. The molecular formula is C26H32N4O2. The van der Waals surface area contributed by atoms with E-state index in [-0.39, 0.29) is 11.8 Å². The van der Waals surface area contributed by atoms with Crippen LogP contribution in [-0.2, 0) is 4.79 Å². The first-order valence-electron chi connectivity index (χ1n) is 11.8. The molecule has 1 saturated heterocycles. The van der Waals surface area contributed by atoms with Gasteiger partial charge in [-0.15, -0.1) is 0 Å². The Hall–Kier alpha value is -2.86. The molecule has 0 radical (unpaired) electrons. The number of hydrogen-bond acceptors (Lipinski definition) is 5. The van der Waals surface area contributed by atoms with Crippen LogP contribution in [0.4, 0.5) is 11.4 Å². The maximum atomic E-state index is 12.7. The van der Waals surface area contributed by atoms with Crippen molar-refractivity contribution in [2.24, 2.45) is 10.9 Å². The molecule has 2 heterocycles. The van der Waals surface area contributed by atoms with Crippen LogP contribution in [0.25, 0.3) is 0 Å². The highest BCUT2D eigenvalue weighted by atomic mass is 16.5. The maximum Gasteiger partial charge on any atom is 0.227 e. The largest absolute Gasteiger partial charge is 0.454 e. The summed E-state index contributed by atoms with van der Waals surface area (Å²) in [5.41, 5.74) is 2.59. The molecule has 0 spiro atoms. The molecule has 2 aromatic carbocycles. The Morgan fingerprint density at radius 3 is 2.53 bits per heavy atom. The summed E-state index contributed by atoms with van der Waals surface area (Å²) >= 11 is 0. The second-order valence-electron chi connectivity index (χ2n) is 9.37. The highest BCUT2D eigenvalue weighted by Gasteiger charge is 2.28. The SMILES string of the molecule is CN(C)C1CCN(C2=Nc3ccccc3Oc3ccc(NC(=O)C4CCCC4)cc32)CC1. The van der Waals surface area contributed by atoms with Crippen LogP contribution in [0.15, 0.2) is 47.5 Å². The van der Waals surface area contributed by atoms with Crippen LogP contribution in [-0.4, -0.2) is 54.8 Å². The second kappa shape index (κ2) is 8.94. The highest BCUT2D eigenvalue weighted by molar-refractivity contribution is 6.05. The monoisotopic (exact) mass is 432 g/mol. The molecule has 0 aromatic heterocycles. The summed E-state index contributed by atoms with van der Waals surface area (Å²) in [6.07, 6.45) is 6.47. The number of hydrogen-bond donors (Lipinski definition) is 1. The van der Waals surface area contributed by atoms with Crippen molar-refractivity contribution < 1.29 is 9.53 Å². The quantitative estimate of drug-likeness (QED) is 0.739. The number of piperidine rings is 1. The van der Waals surface area contributed by atoms with Gasteiger partial charge in [-0.1, -0.05) is 25.0 Å². The maximum absolute atomic E-state index is 12.7. The number of likely N-dealkylation sites (tertiary alicyclic amines) is 1. The number of rotatable bonds is 3. The van der Waals surface area contributed by atoms with Gasteiger partial charge in [0.25, 0.3) is 0 Å². The lowest BCUT2D eigenvalue weighted by Gasteiger charge is -2.37. The first-order valence-corrected chi connectivity index (χ1v) is 11.8. The zero-order valence-corrected chi connectivity index (χ0v) is 19.0. The van der Waals surface area contributed by atoms with E-state index in [9.17, 15) is 4.79 Å². The van der Waals surface area contributed by atoms with E-state index in [1.165, 1.54) is 0 Å². The molecule has 6 heteroatoms. The fraction of sp³-hybridized carbons (Fsp3) is 0.462. The summed E-state index contributed by atoms with van der Waals surface area (Å²) in [5, 5.41) is 3.15. The molecule has 2 aromatic rings. The number of anilines is 1. The summed E-state index contributed by atoms with van der Waals surface area (Å²) in [5.74, 6) is 2.73. The minimum absolute atomic E-state index is 0.130. The minimum Gasteiger partial charge on any atom is -0.454 e. The predicted octanol–water partition coefficient (Wildman–Crippen LogP) is 5.03. The van der Waals surface area contributed by atoms with Crippen LogP contribution in [0.2, 0.25) is 0 Å². The summed E-state index contributed by atoms with van der Waals surface area (Å²) in [6.45, 7) is 1.89. The first-order chi connectivity index (χ1) is 15.6. The van der Waals surface area contributed by atoms with E-state index in [1.807, 2.05) is 42.5 Å². The van der Waals surface area contributed by atoms with Gasteiger partial charge >= 0.3 is 0 Å². The Labute approximate surface area is 190 Å². The third-order valence-corrected chi connectivity index (χ3v) is 7.02. The fourth-order valence-electron chi connectivity index (χ4n) is 5.07. The number of nitrogens with one attached hydrogen (secondary N) is 1. The lowest BCUT2D eigenvalue weighted by atomic mass is 10.0. The molecule has 32 heavy (non-hydrogen) atoms. The van der Waals surface area contributed by atoms with Crippen molar-refractivity contribution in [3.05, 3.63) is 48.0 Å². The number of carbonyl (C=O) groups excluding carboxylic acids is 1. The summed E-state index contributed by atoms with van der Waals surface area (Å²) < 4.78 is 6.28. The standard InChI is InChI=1S/C26H32N4O2/c1-29(2)20-13-15-30(16-14-20)25-21-17-19(27-26(31)18-7-3-4-8-18)11-12-23(21)32-24-10-6-5-9-22(24)28-25/h5-6,9-12,17-18,20H,3-4,7-8,13-16H2,1-2H3,(H,27,31). The van der Waals surface area contributed by atoms with E-state index in [2.05, 4.69) is 29.2 Å². The van der Waals surface area contributed by atoms with Crippen LogP contribution < -0.4 is 10.1 Å². The lowest BCUT2D eigenvalue weighted by Crippen LogP contribution is -2.44. The number of ether oxygens (including phenoxy) is 1. The van der Waals surface area contributed by atoms with Gasteiger partial charge in [-0.3, -0.25) is 4.79 Å². The lowest BCUT2D eigenvalue weighted by molar-refractivity contribution is -0.119. The van der Waals surface area contributed by atoms with Gasteiger partial charge in [-0.2, -0.15) is 0 Å². The molecule has 0 unspecified atom stereocenters. The molecule has 168 valence electrons. The Balaban J connectivity index is 1.47. The average Bonchev–Trinajstić information content (AvgIpc) is 3.29. The van der Waals surface area contributed by atoms with Crippen molar-refractivity contribution in [3.8, 4) is 11.5 Å². The molecule has 6 nitrogen and oxygen atoms in total. The summed E-state index contributed by atoms with van der Waals surface area (Å²) in [7, 11) is 4.31. The van der Waals surface area contributed by atoms with Crippen molar-refractivity contribution in [2.45, 2.75) is 44.6 Å². The number of carbonyl (C=O) groups is 1. The average molecular weight is 433 g/mol. The Morgan fingerprint density at radius 2 is 1.78 bits per heavy atom. The molecule has 2 fully saturated rings. The van der Waals surface area contributed by atoms with Gasteiger partial charge < -0.3 is 19.9 Å². The molecule has 0 atom stereocenters. The molecule has 1 amide bonds. The van der Waals surface area contributed by atoms with Crippen molar-refractivity contribution in [1.82, 2.24) is 9.80 Å². The van der Waals surface area contributed by atoms with Gasteiger partial charge in [0.15, 0.2) is 5.75 Å². The van der Waals surface area contributed by atoms with Crippen LogP contribution in [0.5, 0.6) is 11.5 Å². The van der Waals surface area contributed by atoms with Crippen molar-refractivity contribution in [1.29, 1.82) is 0 Å². The zero-order valence-electron chi connectivity index (χ0n) is 19.0. The molecule has 0 bridgehead atoms. The third-order valence-electron chi connectivity index (χ3n) is 7.02. The topological polar surface area (TPSA) is 57.2 Å². The molecule has 1 N–H and O–H groups in total. The number of aliphatic imine (C=N–C) groups is 1. The second-order valence-corrected chi connectivity index (χ2v) is 9.37. The van der Waals surface area contributed by atoms with Crippen LogP contribution >= 0.6 is 0 Å². The van der Waals surface area contributed by atoms with E-state index in [0.29, 0.717) is 6.04 Å². The normalized spacial score (nSPS) is 19.1. The molecule has 1 saturated carbocycles. The van der Waals surface area contributed by atoms with Crippen LogP contribution in [0.3, 0.4) is 0 Å².